The molecule has 1 heterocycles. The minimum atomic E-state index is -0.717. The van der Waals surface area contributed by atoms with E-state index < -0.39 is 5.92 Å². The third kappa shape index (κ3) is 5.46. The Labute approximate surface area is 193 Å². The molecule has 1 saturated heterocycles. The number of carbonyl (C=O) groups excluding carboxylic acids is 2. The molecule has 0 aromatic heterocycles. The van der Waals surface area contributed by atoms with Crippen molar-refractivity contribution in [2.75, 3.05) is 31.3 Å². The maximum absolute atomic E-state index is 12.8. The molecule has 7 nitrogen and oxygen atoms in total. The van der Waals surface area contributed by atoms with E-state index in [1.54, 1.807) is 29.2 Å². The van der Waals surface area contributed by atoms with Gasteiger partial charge in [-0.15, -0.1) is 0 Å². The smallest absolute Gasteiger partial charge is 0.239 e. The zero-order valence-electron chi connectivity index (χ0n) is 18.7. The van der Waals surface area contributed by atoms with Crippen LogP contribution in [0.3, 0.4) is 0 Å². The first-order valence-electron chi connectivity index (χ1n) is 10.9. The second-order valence-corrected chi connectivity index (χ2v) is 7.68. The summed E-state index contributed by atoms with van der Waals surface area (Å²) in [5.41, 5.74) is 1.54. The van der Waals surface area contributed by atoms with Crippen LogP contribution >= 0.6 is 11.6 Å². The lowest BCUT2D eigenvalue weighted by atomic mass is 10.1. The molecular formula is C24H29ClN2O5. The van der Waals surface area contributed by atoms with Crippen LogP contribution in [0.2, 0.25) is 5.02 Å². The van der Waals surface area contributed by atoms with E-state index in [9.17, 15) is 9.59 Å². The lowest BCUT2D eigenvalue weighted by Gasteiger charge is -2.18. The molecule has 8 heteroatoms. The number of amides is 2. The highest BCUT2D eigenvalue weighted by Crippen LogP contribution is 2.39. The van der Waals surface area contributed by atoms with Gasteiger partial charge in [0.05, 0.1) is 19.8 Å². The predicted molar refractivity (Wildman–Crippen MR) is 124 cm³/mol. The largest absolute Gasteiger partial charge is 0.490 e. The predicted octanol–water partition coefficient (Wildman–Crippen LogP) is 4.21. The Morgan fingerprint density at radius 3 is 2.19 bits per heavy atom. The molecule has 0 unspecified atom stereocenters. The highest BCUT2D eigenvalue weighted by molar-refractivity contribution is 6.30. The standard InChI is InChI=1S/C24H29ClN2O5/c1-4-30-20-13-16(14-21(31-5-2)22(20)32-6-3)15-26-23(28)19-11-12-27(24(19)29)18-9-7-17(25)8-10-18/h7-10,13-14,19H,4-6,11-12,15H2,1-3H3,(H,26,28)/t19-/m0/s1. The van der Waals surface area contributed by atoms with Crippen LogP contribution in [-0.2, 0) is 16.1 Å². The number of carbonyl (C=O) groups is 2. The molecule has 2 aromatic rings. The van der Waals surface area contributed by atoms with Crippen LogP contribution in [0.5, 0.6) is 17.2 Å². The summed E-state index contributed by atoms with van der Waals surface area (Å²) in [6.07, 6.45) is 0.463. The molecule has 3 rings (SSSR count). The van der Waals surface area contributed by atoms with Gasteiger partial charge in [-0.2, -0.15) is 0 Å². The average Bonchev–Trinajstić information content (AvgIpc) is 3.16. The van der Waals surface area contributed by atoms with Crippen LogP contribution in [0, 0.1) is 5.92 Å². The molecule has 0 radical (unpaired) electrons. The van der Waals surface area contributed by atoms with E-state index in [2.05, 4.69) is 5.32 Å². The SMILES string of the molecule is CCOc1cc(CNC(=O)[C@@H]2CCN(c3ccc(Cl)cc3)C2=O)cc(OCC)c1OCC. The van der Waals surface area contributed by atoms with Crippen molar-refractivity contribution in [2.45, 2.75) is 33.7 Å². The molecular weight excluding hydrogens is 432 g/mol. The number of anilines is 1. The monoisotopic (exact) mass is 460 g/mol. The van der Waals surface area contributed by atoms with Crippen LogP contribution in [0.4, 0.5) is 5.69 Å². The van der Waals surface area contributed by atoms with Crippen molar-refractivity contribution in [2.24, 2.45) is 5.92 Å². The molecule has 2 aromatic carbocycles. The lowest BCUT2D eigenvalue weighted by molar-refractivity contribution is -0.132. The molecule has 0 spiro atoms. The summed E-state index contributed by atoms with van der Waals surface area (Å²) < 4.78 is 17.2. The Morgan fingerprint density at radius 1 is 1.03 bits per heavy atom. The van der Waals surface area contributed by atoms with Crippen molar-refractivity contribution < 1.29 is 23.8 Å². The van der Waals surface area contributed by atoms with Crippen molar-refractivity contribution >= 4 is 29.1 Å². The number of halogens is 1. The second-order valence-electron chi connectivity index (χ2n) is 7.25. The topological polar surface area (TPSA) is 77.1 Å². The molecule has 1 fully saturated rings. The summed E-state index contributed by atoms with van der Waals surface area (Å²) in [5, 5.41) is 3.48. The van der Waals surface area contributed by atoms with Gasteiger partial charge in [0.15, 0.2) is 11.5 Å². The summed E-state index contributed by atoms with van der Waals surface area (Å²) >= 11 is 5.93. The van der Waals surface area contributed by atoms with Gasteiger partial charge in [0.25, 0.3) is 0 Å². The maximum Gasteiger partial charge on any atom is 0.239 e. The van der Waals surface area contributed by atoms with Gasteiger partial charge in [-0.1, -0.05) is 11.6 Å². The van der Waals surface area contributed by atoms with Crippen LogP contribution in [-0.4, -0.2) is 38.2 Å². The van der Waals surface area contributed by atoms with Gasteiger partial charge in [0.1, 0.15) is 5.92 Å². The minimum absolute atomic E-state index is 0.207. The number of nitrogens with one attached hydrogen (secondary N) is 1. The summed E-state index contributed by atoms with van der Waals surface area (Å²) in [4.78, 5) is 27.2. The minimum Gasteiger partial charge on any atom is -0.490 e. The summed E-state index contributed by atoms with van der Waals surface area (Å²) in [7, 11) is 0. The number of hydrogen-bond acceptors (Lipinski definition) is 5. The number of nitrogens with zero attached hydrogens (tertiary/aromatic N) is 1. The highest BCUT2D eigenvalue weighted by atomic mass is 35.5. The molecule has 1 atom stereocenters. The zero-order chi connectivity index (χ0) is 23.1. The van der Waals surface area contributed by atoms with Crippen LogP contribution in [0.1, 0.15) is 32.8 Å². The number of ether oxygens (including phenoxy) is 3. The first-order chi connectivity index (χ1) is 15.5. The molecule has 1 N–H and O–H groups in total. The van der Waals surface area contributed by atoms with E-state index >= 15 is 0 Å². The van der Waals surface area contributed by atoms with Gasteiger partial charge in [-0.25, -0.2) is 0 Å². The molecule has 0 aliphatic carbocycles. The number of benzene rings is 2. The van der Waals surface area contributed by atoms with E-state index in [-0.39, 0.29) is 18.4 Å². The Hall–Kier alpha value is -2.93. The molecule has 2 amide bonds. The van der Waals surface area contributed by atoms with Gasteiger partial charge in [0, 0.05) is 23.8 Å². The average molecular weight is 461 g/mol. The van der Waals surface area contributed by atoms with Crippen molar-refractivity contribution in [1.29, 1.82) is 0 Å². The number of hydrogen-bond donors (Lipinski definition) is 1. The molecule has 1 aliphatic rings. The Kier molecular flexibility index (Phi) is 8.22. The normalized spacial score (nSPS) is 15.6. The fourth-order valence-corrected chi connectivity index (χ4v) is 3.78. The van der Waals surface area contributed by atoms with Gasteiger partial charge >= 0.3 is 0 Å². The first-order valence-corrected chi connectivity index (χ1v) is 11.3. The quantitative estimate of drug-likeness (QED) is 0.537. The highest BCUT2D eigenvalue weighted by Gasteiger charge is 2.37. The molecule has 0 bridgehead atoms. The third-order valence-corrected chi connectivity index (χ3v) is 5.35. The zero-order valence-corrected chi connectivity index (χ0v) is 19.4. The fourth-order valence-electron chi connectivity index (χ4n) is 3.66. The molecule has 32 heavy (non-hydrogen) atoms. The van der Waals surface area contributed by atoms with E-state index in [0.29, 0.717) is 55.1 Å². The Morgan fingerprint density at radius 2 is 1.62 bits per heavy atom. The van der Waals surface area contributed by atoms with E-state index in [1.165, 1.54) is 0 Å². The molecule has 1 aliphatic heterocycles. The first kappa shape index (κ1) is 23.7. The second kappa shape index (κ2) is 11.1. The fraction of sp³-hybridized carbons (Fsp3) is 0.417. The van der Waals surface area contributed by atoms with Crippen LogP contribution < -0.4 is 24.4 Å². The van der Waals surface area contributed by atoms with Gasteiger partial charge in [0.2, 0.25) is 17.6 Å². The van der Waals surface area contributed by atoms with E-state index in [0.717, 1.165) is 11.3 Å². The van der Waals surface area contributed by atoms with Gasteiger partial charge in [-0.05, 0) is 69.2 Å². The number of rotatable bonds is 10. The van der Waals surface area contributed by atoms with Crippen LogP contribution in [0.25, 0.3) is 0 Å². The molecule has 0 saturated carbocycles. The maximum atomic E-state index is 12.8. The molecule has 172 valence electrons. The Bertz CT molecular complexity index is 921. The lowest BCUT2D eigenvalue weighted by Crippen LogP contribution is -2.36. The van der Waals surface area contributed by atoms with Crippen molar-refractivity contribution in [3.63, 3.8) is 0 Å². The van der Waals surface area contributed by atoms with E-state index in [4.69, 9.17) is 25.8 Å². The third-order valence-electron chi connectivity index (χ3n) is 5.10. The van der Waals surface area contributed by atoms with Crippen molar-refractivity contribution in [1.82, 2.24) is 5.32 Å². The van der Waals surface area contributed by atoms with Gasteiger partial charge < -0.3 is 24.4 Å². The van der Waals surface area contributed by atoms with Crippen molar-refractivity contribution in [3.8, 4) is 17.2 Å². The van der Waals surface area contributed by atoms with E-state index in [1.807, 2.05) is 32.9 Å². The summed E-state index contributed by atoms with van der Waals surface area (Å²) in [6.45, 7) is 7.83. The summed E-state index contributed by atoms with van der Waals surface area (Å²) in [5.74, 6) is 0.463. The summed E-state index contributed by atoms with van der Waals surface area (Å²) in [6, 6.07) is 10.7. The Balaban J connectivity index is 1.70. The van der Waals surface area contributed by atoms with Gasteiger partial charge in [-0.3, -0.25) is 9.59 Å². The van der Waals surface area contributed by atoms with Crippen LogP contribution in [0.15, 0.2) is 36.4 Å². The van der Waals surface area contributed by atoms with Crippen molar-refractivity contribution in [3.05, 3.63) is 47.0 Å².